The second-order valence-electron chi connectivity index (χ2n) is 5.74. The first kappa shape index (κ1) is 19.1. The van der Waals surface area contributed by atoms with Crippen molar-refractivity contribution in [2.24, 2.45) is 0 Å². The number of ether oxygens (including phenoxy) is 1. The molecule has 0 bridgehead atoms. The first-order chi connectivity index (χ1) is 13.0. The van der Waals surface area contributed by atoms with Crippen LogP contribution in [0.3, 0.4) is 0 Å². The van der Waals surface area contributed by atoms with Gasteiger partial charge in [-0.05, 0) is 23.8 Å². The third-order valence-corrected chi connectivity index (χ3v) is 4.98. The highest BCUT2D eigenvalue weighted by atomic mass is 35.5. The van der Waals surface area contributed by atoms with E-state index in [9.17, 15) is 9.59 Å². The molecule has 0 unspecified atom stereocenters. The molecule has 0 aliphatic rings. The molecule has 0 N–H and O–H groups in total. The zero-order valence-corrected chi connectivity index (χ0v) is 16.2. The fourth-order valence-corrected chi connectivity index (χ4v) is 3.55. The van der Waals surface area contributed by atoms with Crippen LogP contribution in [0, 0.1) is 0 Å². The Labute approximate surface area is 166 Å². The van der Waals surface area contributed by atoms with Crippen LogP contribution in [0.2, 0.25) is 5.02 Å². The molecular formula is C20H17ClN2O3S. The van der Waals surface area contributed by atoms with Crippen LogP contribution in [0.1, 0.15) is 18.2 Å². The Bertz CT molecular complexity index is 943. The fourth-order valence-electron chi connectivity index (χ4n) is 2.47. The summed E-state index contributed by atoms with van der Waals surface area (Å²) in [5.74, 6) is -0.526. The minimum absolute atomic E-state index is 0.0420. The summed E-state index contributed by atoms with van der Waals surface area (Å²) in [7, 11) is 0. The maximum atomic E-state index is 12.1. The predicted molar refractivity (Wildman–Crippen MR) is 106 cm³/mol. The molecule has 0 saturated carbocycles. The van der Waals surface area contributed by atoms with E-state index in [0.717, 1.165) is 11.3 Å². The van der Waals surface area contributed by atoms with Crippen molar-refractivity contribution in [2.75, 3.05) is 4.90 Å². The number of benzene rings is 2. The van der Waals surface area contributed by atoms with E-state index in [1.165, 1.54) is 23.2 Å². The van der Waals surface area contributed by atoms with E-state index in [4.69, 9.17) is 16.3 Å². The van der Waals surface area contributed by atoms with Gasteiger partial charge in [-0.25, -0.2) is 4.98 Å². The minimum Gasteiger partial charge on any atom is -0.459 e. The van der Waals surface area contributed by atoms with Crippen LogP contribution in [0.25, 0.3) is 0 Å². The van der Waals surface area contributed by atoms with E-state index in [-0.39, 0.29) is 24.9 Å². The van der Waals surface area contributed by atoms with Crippen molar-refractivity contribution in [1.82, 2.24) is 4.98 Å². The highest BCUT2D eigenvalue weighted by Crippen LogP contribution is 2.29. The molecule has 1 aromatic heterocycles. The first-order valence-corrected chi connectivity index (χ1v) is 9.49. The molecule has 0 fully saturated rings. The van der Waals surface area contributed by atoms with Gasteiger partial charge in [-0.1, -0.05) is 48.0 Å². The Morgan fingerprint density at radius 3 is 2.52 bits per heavy atom. The molecule has 5 nitrogen and oxygen atoms in total. The van der Waals surface area contributed by atoms with Gasteiger partial charge in [0.25, 0.3) is 0 Å². The molecule has 7 heteroatoms. The first-order valence-electron chi connectivity index (χ1n) is 8.24. The number of hydrogen-bond acceptors (Lipinski definition) is 5. The van der Waals surface area contributed by atoms with Gasteiger partial charge in [0.05, 0.1) is 17.8 Å². The SMILES string of the molecule is CC(=O)N(c1ccccc1)c1nc(COC(=O)Cc2ccccc2Cl)cs1. The molecule has 0 radical (unpaired) electrons. The summed E-state index contributed by atoms with van der Waals surface area (Å²) < 4.78 is 5.29. The molecule has 0 aliphatic carbocycles. The second-order valence-corrected chi connectivity index (χ2v) is 6.98. The van der Waals surface area contributed by atoms with Gasteiger partial charge in [-0.15, -0.1) is 11.3 Å². The van der Waals surface area contributed by atoms with Crippen LogP contribution >= 0.6 is 22.9 Å². The lowest BCUT2D eigenvalue weighted by atomic mass is 10.1. The topological polar surface area (TPSA) is 59.5 Å². The molecule has 0 aliphatic heterocycles. The van der Waals surface area contributed by atoms with Gasteiger partial charge in [0.15, 0.2) is 5.13 Å². The summed E-state index contributed by atoms with van der Waals surface area (Å²) in [6.07, 6.45) is 0.0975. The average molecular weight is 401 g/mol. The van der Waals surface area contributed by atoms with Gasteiger partial charge in [-0.2, -0.15) is 0 Å². The molecule has 0 spiro atoms. The number of carbonyl (C=O) groups is 2. The summed E-state index contributed by atoms with van der Waals surface area (Å²) >= 11 is 7.38. The number of esters is 1. The second kappa shape index (κ2) is 8.79. The maximum Gasteiger partial charge on any atom is 0.310 e. The smallest absolute Gasteiger partial charge is 0.310 e. The van der Waals surface area contributed by atoms with Gasteiger partial charge in [0.1, 0.15) is 6.61 Å². The number of aromatic nitrogens is 1. The van der Waals surface area contributed by atoms with Crippen LogP contribution in [0.4, 0.5) is 10.8 Å². The molecular weight excluding hydrogens is 384 g/mol. The van der Waals surface area contributed by atoms with Crippen LogP contribution in [0.5, 0.6) is 0 Å². The Morgan fingerprint density at radius 1 is 1.11 bits per heavy atom. The van der Waals surface area contributed by atoms with E-state index < -0.39 is 0 Å². The largest absolute Gasteiger partial charge is 0.459 e. The van der Waals surface area contributed by atoms with Crippen molar-refractivity contribution in [1.29, 1.82) is 0 Å². The van der Waals surface area contributed by atoms with Crippen molar-refractivity contribution in [3.05, 3.63) is 76.3 Å². The predicted octanol–water partition coefficient (Wildman–Crippen LogP) is 4.77. The number of carbonyl (C=O) groups excluding carboxylic acids is 2. The van der Waals surface area contributed by atoms with Gasteiger partial charge in [0.2, 0.25) is 5.91 Å². The zero-order chi connectivity index (χ0) is 19.2. The van der Waals surface area contributed by atoms with Crippen molar-refractivity contribution in [3.63, 3.8) is 0 Å². The van der Waals surface area contributed by atoms with Gasteiger partial charge in [0, 0.05) is 17.3 Å². The Hall–Kier alpha value is -2.70. The standard InChI is InChI=1S/C20H17ClN2O3S/c1-14(24)23(17-8-3-2-4-9-17)20-22-16(13-27-20)12-26-19(25)11-15-7-5-6-10-18(15)21/h2-10,13H,11-12H2,1H3. The summed E-state index contributed by atoms with van der Waals surface area (Å²) in [5, 5.41) is 2.84. The number of rotatable bonds is 6. The van der Waals surface area contributed by atoms with Gasteiger partial charge in [-0.3, -0.25) is 14.5 Å². The molecule has 27 heavy (non-hydrogen) atoms. The molecule has 0 atom stereocenters. The van der Waals surface area contributed by atoms with Crippen molar-refractivity contribution in [2.45, 2.75) is 20.0 Å². The molecule has 138 valence electrons. The van der Waals surface area contributed by atoms with E-state index in [0.29, 0.717) is 15.8 Å². The molecule has 2 aromatic carbocycles. The monoisotopic (exact) mass is 400 g/mol. The molecule has 1 heterocycles. The number of halogens is 1. The third-order valence-electron chi connectivity index (χ3n) is 3.73. The fraction of sp³-hybridized carbons (Fsp3) is 0.150. The lowest BCUT2D eigenvalue weighted by Gasteiger charge is -2.17. The molecule has 3 rings (SSSR count). The number of amides is 1. The number of thiazole rings is 1. The Kier molecular flexibility index (Phi) is 6.21. The number of para-hydroxylation sites is 1. The van der Waals surface area contributed by atoms with Crippen LogP contribution in [0.15, 0.2) is 60.0 Å². The summed E-state index contributed by atoms with van der Waals surface area (Å²) in [6.45, 7) is 1.53. The van der Waals surface area contributed by atoms with E-state index >= 15 is 0 Å². The molecule has 3 aromatic rings. The van der Waals surface area contributed by atoms with E-state index in [2.05, 4.69) is 4.98 Å². The number of hydrogen-bond donors (Lipinski definition) is 0. The Morgan fingerprint density at radius 2 is 1.81 bits per heavy atom. The Balaban J connectivity index is 1.64. The van der Waals surface area contributed by atoms with Crippen molar-refractivity contribution < 1.29 is 14.3 Å². The van der Waals surface area contributed by atoms with E-state index in [1.807, 2.05) is 42.5 Å². The van der Waals surface area contributed by atoms with Crippen LogP contribution in [-0.4, -0.2) is 16.9 Å². The lowest BCUT2D eigenvalue weighted by molar-refractivity contribution is -0.144. The van der Waals surface area contributed by atoms with Gasteiger partial charge >= 0.3 is 5.97 Å². The summed E-state index contributed by atoms with van der Waals surface area (Å²) in [5.41, 5.74) is 2.04. The normalized spacial score (nSPS) is 10.4. The molecule has 0 saturated heterocycles. The number of anilines is 2. The van der Waals surface area contributed by atoms with Crippen molar-refractivity contribution >= 4 is 45.6 Å². The highest BCUT2D eigenvalue weighted by Gasteiger charge is 2.18. The molecule has 1 amide bonds. The highest BCUT2D eigenvalue weighted by molar-refractivity contribution is 7.14. The van der Waals surface area contributed by atoms with Crippen LogP contribution in [-0.2, 0) is 27.4 Å². The lowest BCUT2D eigenvalue weighted by Crippen LogP contribution is -2.22. The zero-order valence-electron chi connectivity index (χ0n) is 14.6. The average Bonchev–Trinajstić information content (AvgIpc) is 3.11. The van der Waals surface area contributed by atoms with Crippen molar-refractivity contribution in [3.8, 4) is 0 Å². The van der Waals surface area contributed by atoms with Crippen LogP contribution < -0.4 is 4.90 Å². The number of nitrogens with zero attached hydrogens (tertiary/aromatic N) is 2. The summed E-state index contributed by atoms with van der Waals surface area (Å²) in [6, 6.07) is 16.4. The van der Waals surface area contributed by atoms with Gasteiger partial charge < -0.3 is 4.74 Å². The minimum atomic E-state index is -0.385. The maximum absolute atomic E-state index is 12.1. The van der Waals surface area contributed by atoms with E-state index in [1.54, 1.807) is 17.5 Å². The quantitative estimate of drug-likeness (QED) is 0.559. The summed E-state index contributed by atoms with van der Waals surface area (Å²) in [4.78, 5) is 30.0. The third kappa shape index (κ3) is 4.93.